The summed E-state index contributed by atoms with van der Waals surface area (Å²) in [5.74, 6) is 2.30. The normalized spacial score (nSPS) is 20.3. The lowest BCUT2D eigenvalue weighted by Crippen LogP contribution is -2.40. The monoisotopic (exact) mass is 374 g/mol. The molecule has 5 rings (SSSR count). The standard InChI is InChI=1S/C23H26N4O/c28-23(21-11-10-18-7-1-2-9-20(18)25-21)27-13-4-8-19(16-27)22-24-12-14-26(22)15-17-5-3-6-17/h1-2,7,9-12,14,17,19H,3-6,8,13,15-16H2/t19-/m1/s1. The molecule has 28 heavy (non-hydrogen) atoms. The molecule has 2 aliphatic rings. The Morgan fingerprint density at radius 2 is 1.96 bits per heavy atom. The minimum Gasteiger partial charge on any atom is -0.337 e. The number of piperidine rings is 1. The third-order valence-electron chi connectivity index (χ3n) is 6.32. The number of benzene rings is 1. The molecular weight excluding hydrogens is 348 g/mol. The van der Waals surface area contributed by atoms with Crippen LogP contribution in [0.1, 0.15) is 54.3 Å². The van der Waals surface area contributed by atoms with E-state index in [0.29, 0.717) is 11.6 Å². The van der Waals surface area contributed by atoms with Gasteiger partial charge in [-0.05, 0) is 43.7 Å². The van der Waals surface area contributed by atoms with Crippen molar-refractivity contribution >= 4 is 16.8 Å². The SMILES string of the molecule is O=C(c1ccc2ccccc2n1)N1CCC[C@@H](c2nccn2CC2CCC2)C1. The van der Waals surface area contributed by atoms with Crippen molar-refractivity contribution in [3.63, 3.8) is 0 Å². The molecule has 2 fully saturated rings. The summed E-state index contributed by atoms with van der Waals surface area (Å²) in [7, 11) is 0. The molecule has 0 spiro atoms. The van der Waals surface area contributed by atoms with Gasteiger partial charge in [-0.15, -0.1) is 0 Å². The van der Waals surface area contributed by atoms with Gasteiger partial charge in [-0.1, -0.05) is 30.7 Å². The van der Waals surface area contributed by atoms with Crippen LogP contribution in [0.2, 0.25) is 0 Å². The van der Waals surface area contributed by atoms with Crippen LogP contribution in [0, 0.1) is 5.92 Å². The molecule has 2 aromatic heterocycles. The van der Waals surface area contributed by atoms with Gasteiger partial charge in [0.25, 0.3) is 5.91 Å². The molecule has 1 aliphatic heterocycles. The summed E-state index contributed by atoms with van der Waals surface area (Å²) < 4.78 is 2.33. The van der Waals surface area contributed by atoms with Gasteiger partial charge in [0.2, 0.25) is 0 Å². The molecule has 1 aromatic carbocycles. The highest BCUT2D eigenvalue weighted by atomic mass is 16.2. The van der Waals surface area contributed by atoms with E-state index in [1.54, 1.807) is 0 Å². The van der Waals surface area contributed by atoms with Gasteiger partial charge >= 0.3 is 0 Å². The number of hydrogen-bond donors (Lipinski definition) is 0. The molecule has 5 nitrogen and oxygen atoms in total. The van der Waals surface area contributed by atoms with Crippen LogP contribution in [0.5, 0.6) is 0 Å². The zero-order valence-corrected chi connectivity index (χ0v) is 16.1. The van der Waals surface area contributed by atoms with Crippen LogP contribution in [0.3, 0.4) is 0 Å². The van der Waals surface area contributed by atoms with Crippen LogP contribution in [0.15, 0.2) is 48.8 Å². The third kappa shape index (κ3) is 3.30. The molecule has 3 aromatic rings. The first kappa shape index (κ1) is 17.4. The lowest BCUT2D eigenvalue weighted by Gasteiger charge is -2.33. The average molecular weight is 374 g/mol. The van der Waals surface area contributed by atoms with Gasteiger partial charge in [0.05, 0.1) is 5.52 Å². The Kier molecular flexibility index (Phi) is 4.59. The summed E-state index contributed by atoms with van der Waals surface area (Å²) in [6.07, 6.45) is 10.2. The van der Waals surface area contributed by atoms with Crippen LogP contribution in [-0.4, -0.2) is 38.4 Å². The van der Waals surface area contributed by atoms with Crippen molar-refractivity contribution < 1.29 is 4.79 Å². The number of amides is 1. The van der Waals surface area contributed by atoms with E-state index in [1.807, 2.05) is 47.5 Å². The summed E-state index contributed by atoms with van der Waals surface area (Å²) in [4.78, 5) is 24.3. The van der Waals surface area contributed by atoms with Crippen LogP contribution < -0.4 is 0 Å². The fourth-order valence-electron chi connectivity index (χ4n) is 4.51. The first-order valence-electron chi connectivity index (χ1n) is 10.4. The van der Waals surface area contributed by atoms with E-state index in [9.17, 15) is 4.79 Å². The average Bonchev–Trinajstić information content (AvgIpc) is 3.18. The van der Waals surface area contributed by atoms with Gasteiger partial charge in [-0.3, -0.25) is 4.79 Å². The number of likely N-dealkylation sites (tertiary alicyclic amines) is 1. The fourth-order valence-corrected chi connectivity index (χ4v) is 4.51. The van der Waals surface area contributed by atoms with Gasteiger partial charge < -0.3 is 9.47 Å². The molecule has 1 aliphatic carbocycles. The smallest absolute Gasteiger partial charge is 0.272 e. The maximum atomic E-state index is 13.1. The highest BCUT2D eigenvalue weighted by Gasteiger charge is 2.29. The molecular formula is C23H26N4O. The summed E-state index contributed by atoms with van der Waals surface area (Å²) in [6.45, 7) is 2.61. The van der Waals surface area contributed by atoms with E-state index in [4.69, 9.17) is 0 Å². The Bertz CT molecular complexity index is 991. The number of nitrogens with zero attached hydrogens (tertiary/aromatic N) is 4. The largest absolute Gasteiger partial charge is 0.337 e. The third-order valence-corrected chi connectivity index (χ3v) is 6.32. The summed E-state index contributed by atoms with van der Waals surface area (Å²) >= 11 is 0. The highest BCUT2D eigenvalue weighted by molar-refractivity contribution is 5.95. The number of aromatic nitrogens is 3. The molecule has 3 heterocycles. The zero-order chi connectivity index (χ0) is 18.9. The summed E-state index contributed by atoms with van der Waals surface area (Å²) in [6, 6.07) is 11.8. The molecule has 144 valence electrons. The molecule has 1 saturated heterocycles. The van der Waals surface area contributed by atoms with E-state index < -0.39 is 0 Å². The number of rotatable bonds is 4. The molecule has 0 N–H and O–H groups in total. The number of carbonyl (C=O) groups excluding carboxylic acids is 1. The Morgan fingerprint density at radius 1 is 1.07 bits per heavy atom. The van der Waals surface area contributed by atoms with E-state index in [0.717, 1.165) is 55.1 Å². The molecule has 0 bridgehead atoms. The topological polar surface area (TPSA) is 51.0 Å². The van der Waals surface area contributed by atoms with Crippen molar-refractivity contribution in [3.8, 4) is 0 Å². The van der Waals surface area contributed by atoms with Crippen molar-refractivity contribution in [2.24, 2.45) is 5.92 Å². The first-order valence-corrected chi connectivity index (χ1v) is 10.4. The molecule has 1 atom stereocenters. The quantitative estimate of drug-likeness (QED) is 0.686. The number of hydrogen-bond acceptors (Lipinski definition) is 3. The summed E-state index contributed by atoms with van der Waals surface area (Å²) in [5.41, 5.74) is 1.41. The lowest BCUT2D eigenvalue weighted by atomic mass is 9.85. The maximum absolute atomic E-state index is 13.1. The second kappa shape index (κ2) is 7.38. The lowest BCUT2D eigenvalue weighted by molar-refractivity contribution is 0.0697. The van der Waals surface area contributed by atoms with Gasteiger partial charge in [0.1, 0.15) is 11.5 Å². The number of imidazole rings is 1. The Morgan fingerprint density at radius 3 is 2.82 bits per heavy atom. The van der Waals surface area contributed by atoms with Crippen LogP contribution in [0.25, 0.3) is 10.9 Å². The van der Waals surface area contributed by atoms with Crippen molar-refractivity contribution in [2.75, 3.05) is 13.1 Å². The maximum Gasteiger partial charge on any atom is 0.272 e. The Labute approximate surface area is 165 Å². The van der Waals surface area contributed by atoms with Crippen molar-refractivity contribution in [3.05, 3.63) is 60.3 Å². The van der Waals surface area contributed by atoms with Crippen LogP contribution >= 0.6 is 0 Å². The first-order chi connectivity index (χ1) is 13.8. The number of para-hydroxylation sites is 1. The van der Waals surface area contributed by atoms with Crippen LogP contribution in [-0.2, 0) is 6.54 Å². The van der Waals surface area contributed by atoms with Crippen LogP contribution in [0.4, 0.5) is 0 Å². The molecule has 1 amide bonds. The zero-order valence-electron chi connectivity index (χ0n) is 16.1. The highest BCUT2D eigenvalue weighted by Crippen LogP contribution is 2.31. The second-order valence-electron chi connectivity index (χ2n) is 8.21. The van der Waals surface area contributed by atoms with Crippen molar-refractivity contribution in [1.29, 1.82) is 0 Å². The van der Waals surface area contributed by atoms with E-state index in [1.165, 1.54) is 19.3 Å². The minimum atomic E-state index is 0.0348. The summed E-state index contributed by atoms with van der Waals surface area (Å²) in [5, 5.41) is 1.06. The predicted molar refractivity (Wildman–Crippen MR) is 109 cm³/mol. The fraction of sp³-hybridized carbons (Fsp3) is 0.435. The molecule has 0 unspecified atom stereocenters. The predicted octanol–water partition coefficient (Wildman–Crippen LogP) is 4.25. The second-order valence-corrected chi connectivity index (χ2v) is 8.21. The number of pyridine rings is 1. The molecule has 0 radical (unpaired) electrons. The Hall–Kier alpha value is -2.69. The van der Waals surface area contributed by atoms with E-state index in [2.05, 4.69) is 20.7 Å². The number of fused-ring (bicyclic) bond motifs is 1. The van der Waals surface area contributed by atoms with Gasteiger partial charge in [0, 0.05) is 43.3 Å². The Balaban J connectivity index is 1.33. The molecule has 5 heteroatoms. The van der Waals surface area contributed by atoms with Crippen molar-refractivity contribution in [2.45, 2.75) is 44.6 Å². The van der Waals surface area contributed by atoms with Crippen molar-refractivity contribution in [1.82, 2.24) is 19.4 Å². The van der Waals surface area contributed by atoms with Gasteiger partial charge in [0.15, 0.2) is 0 Å². The van der Waals surface area contributed by atoms with E-state index in [-0.39, 0.29) is 5.91 Å². The number of carbonyl (C=O) groups is 1. The molecule has 1 saturated carbocycles. The minimum absolute atomic E-state index is 0.0348. The van der Waals surface area contributed by atoms with Gasteiger partial charge in [-0.2, -0.15) is 0 Å². The van der Waals surface area contributed by atoms with E-state index >= 15 is 0 Å². The van der Waals surface area contributed by atoms with Gasteiger partial charge in [-0.25, -0.2) is 9.97 Å².